The molecule has 0 bridgehead atoms. The second-order valence-corrected chi connectivity index (χ2v) is 3.94. The van der Waals surface area contributed by atoms with Gasteiger partial charge in [-0.15, -0.1) is 0 Å². The molecular weight excluding hydrogens is 202 g/mol. The lowest BCUT2D eigenvalue weighted by Crippen LogP contribution is -1.97. The number of hydrogen-bond acceptors (Lipinski definition) is 3. The van der Waals surface area contributed by atoms with E-state index >= 15 is 0 Å². The van der Waals surface area contributed by atoms with Gasteiger partial charge in [0.1, 0.15) is 11.5 Å². The third kappa shape index (κ3) is 2.99. The SMILES string of the molecule is CCc1cc(OC)cc(O)c1C=NC(C)C. The molecule has 3 heteroatoms. The lowest BCUT2D eigenvalue weighted by Gasteiger charge is -2.09. The van der Waals surface area contributed by atoms with Gasteiger partial charge >= 0.3 is 0 Å². The average Bonchev–Trinajstić information content (AvgIpc) is 2.26. The number of phenolic OH excluding ortho intramolecular Hbond substituents is 1. The van der Waals surface area contributed by atoms with E-state index in [1.165, 1.54) is 0 Å². The maximum absolute atomic E-state index is 9.88. The Balaban J connectivity index is 3.16. The lowest BCUT2D eigenvalue weighted by molar-refractivity contribution is 0.407. The van der Waals surface area contributed by atoms with E-state index in [0.717, 1.165) is 17.5 Å². The van der Waals surface area contributed by atoms with E-state index in [9.17, 15) is 5.11 Å². The summed E-state index contributed by atoms with van der Waals surface area (Å²) >= 11 is 0. The normalized spacial score (nSPS) is 11.3. The molecule has 0 aromatic heterocycles. The van der Waals surface area contributed by atoms with Crippen molar-refractivity contribution in [3.05, 3.63) is 23.3 Å². The highest BCUT2D eigenvalue weighted by Crippen LogP contribution is 2.27. The van der Waals surface area contributed by atoms with Crippen molar-refractivity contribution in [3.8, 4) is 11.5 Å². The number of nitrogens with zero attached hydrogens (tertiary/aromatic N) is 1. The summed E-state index contributed by atoms with van der Waals surface area (Å²) < 4.78 is 5.11. The smallest absolute Gasteiger partial charge is 0.128 e. The van der Waals surface area contributed by atoms with Gasteiger partial charge in [0.25, 0.3) is 0 Å². The van der Waals surface area contributed by atoms with Crippen LogP contribution in [0, 0.1) is 0 Å². The highest BCUT2D eigenvalue weighted by atomic mass is 16.5. The predicted molar refractivity (Wildman–Crippen MR) is 66.8 cm³/mol. The molecule has 0 saturated heterocycles. The maximum Gasteiger partial charge on any atom is 0.128 e. The van der Waals surface area contributed by atoms with Gasteiger partial charge in [0.15, 0.2) is 0 Å². The van der Waals surface area contributed by atoms with E-state index < -0.39 is 0 Å². The van der Waals surface area contributed by atoms with Gasteiger partial charge in [-0.2, -0.15) is 0 Å². The molecule has 0 aliphatic rings. The number of hydrogen-bond donors (Lipinski definition) is 1. The first-order chi connectivity index (χ1) is 7.58. The van der Waals surface area contributed by atoms with Crippen LogP contribution in [0.4, 0.5) is 0 Å². The molecule has 0 fully saturated rings. The van der Waals surface area contributed by atoms with Crippen LogP contribution in [0.2, 0.25) is 0 Å². The van der Waals surface area contributed by atoms with Crippen molar-refractivity contribution in [1.82, 2.24) is 0 Å². The molecule has 0 saturated carbocycles. The van der Waals surface area contributed by atoms with E-state index in [1.54, 1.807) is 19.4 Å². The Morgan fingerprint density at radius 3 is 2.62 bits per heavy atom. The van der Waals surface area contributed by atoms with E-state index in [4.69, 9.17) is 4.74 Å². The molecule has 0 heterocycles. The Bertz CT molecular complexity index is 384. The summed E-state index contributed by atoms with van der Waals surface area (Å²) in [5, 5.41) is 9.88. The van der Waals surface area contributed by atoms with Gasteiger partial charge in [-0.1, -0.05) is 6.92 Å². The van der Waals surface area contributed by atoms with Crippen LogP contribution in [0.1, 0.15) is 31.9 Å². The first kappa shape index (κ1) is 12.6. The Kier molecular flexibility index (Phi) is 4.35. The number of aliphatic imine (C=N–C) groups is 1. The summed E-state index contributed by atoms with van der Waals surface area (Å²) in [7, 11) is 1.59. The van der Waals surface area contributed by atoms with E-state index in [1.807, 2.05) is 26.8 Å². The van der Waals surface area contributed by atoms with Crippen LogP contribution >= 0.6 is 0 Å². The van der Waals surface area contributed by atoms with Crippen molar-refractivity contribution < 1.29 is 9.84 Å². The third-order valence-electron chi connectivity index (χ3n) is 2.34. The van der Waals surface area contributed by atoms with Crippen LogP contribution in [-0.4, -0.2) is 24.5 Å². The molecule has 0 aliphatic carbocycles. The topological polar surface area (TPSA) is 41.8 Å². The van der Waals surface area contributed by atoms with Gasteiger partial charge in [-0.25, -0.2) is 0 Å². The number of aryl methyl sites for hydroxylation is 1. The summed E-state index contributed by atoms with van der Waals surface area (Å²) in [6.07, 6.45) is 2.57. The second-order valence-electron chi connectivity index (χ2n) is 3.94. The van der Waals surface area contributed by atoms with Gasteiger partial charge in [0.2, 0.25) is 0 Å². The van der Waals surface area contributed by atoms with Crippen molar-refractivity contribution in [2.75, 3.05) is 7.11 Å². The van der Waals surface area contributed by atoms with E-state index in [0.29, 0.717) is 5.75 Å². The van der Waals surface area contributed by atoms with Gasteiger partial charge < -0.3 is 9.84 Å². The van der Waals surface area contributed by atoms with Gasteiger partial charge in [0.05, 0.1) is 7.11 Å². The van der Waals surface area contributed by atoms with Crippen LogP contribution < -0.4 is 4.74 Å². The lowest BCUT2D eigenvalue weighted by atomic mass is 10.0. The fourth-order valence-corrected chi connectivity index (χ4v) is 1.45. The zero-order valence-corrected chi connectivity index (χ0v) is 10.3. The molecule has 0 radical (unpaired) electrons. The molecule has 0 amide bonds. The number of aromatic hydroxyl groups is 1. The minimum atomic E-state index is 0.223. The summed E-state index contributed by atoms with van der Waals surface area (Å²) in [6.45, 7) is 6.05. The number of rotatable bonds is 4. The first-order valence-corrected chi connectivity index (χ1v) is 5.51. The molecule has 1 aromatic carbocycles. The number of methoxy groups -OCH3 is 1. The monoisotopic (exact) mass is 221 g/mol. The van der Waals surface area contributed by atoms with Gasteiger partial charge in [-0.05, 0) is 31.9 Å². The molecule has 0 unspecified atom stereocenters. The fraction of sp³-hybridized carbons (Fsp3) is 0.462. The standard InChI is InChI=1S/C13H19NO2/c1-5-10-6-11(16-4)7-13(15)12(10)8-14-9(2)3/h6-9,15H,5H2,1-4H3. The predicted octanol–water partition coefficient (Wildman–Crippen LogP) is 2.79. The minimum absolute atomic E-state index is 0.223. The molecule has 1 N–H and O–H groups in total. The summed E-state index contributed by atoms with van der Waals surface area (Å²) in [6, 6.07) is 3.77. The molecule has 16 heavy (non-hydrogen) atoms. The Morgan fingerprint density at radius 2 is 2.12 bits per heavy atom. The number of phenols is 1. The van der Waals surface area contributed by atoms with Crippen LogP contribution in [0.3, 0.4) is 0 Å². The largest absolute Gasteiger partial charge is 0.507 e. The first-order valence-electron chi connectivity index (χ1n) is 5.51. The minimum Gasteiger partial charge on any atom is -0.507 e. The number of ether oxygens (including phenoxy) is 1. The molecule has 1 rings (SSSR count). The maximum atomic E-state index is 9.88. The van der Waals surface area contributed by atoms with Crippen LogP contribution in [0.25, 0.3) is 0 Å². The average molecular weight is 221 g/mol. The van der Waals surface area contributed by atoms with Gasteiger partial charge in [0, 0.05) is 23.9 Å². The van der Waals surface area contributed by atoms with Crippen LogP contribution in [0.5, 0.6) is 11.5 Å². The van der Waals surface area contributed by atoms with Crippen molar-refractivity contribution in [3.63, 3.8) is 0 Å². The highest BCUT2D eigenvalue weighted by molar-refractivity contribution is 5.86. The molecule has 1 aromatic rings. The fourth-order valence-electron chi connectivity index (χ4n) is 1.45. The summed E-state index contributed by atoms with van der Waals surface area (Å²) in [5.74, 6) is 0.900. The van der Waals surface area contributed by atoms with Crippen molar-refractivity contribution in [1.29, 1.82) is 0 Å². The van der Waals surface area contributed by atoms with Crippen molar-refractivity contribution in [2.45, 2.75) is 33.2 Å². The molecule has 3 nitrogen and oxygen atoms in total. The second kappa shape index (κ2) is 5.54. The van der Waals surface area contributed by atoms with Crippen molar-refractivity contribution >= 4 is 6.21 Å². The molecular formula is C13H19NO2. The van der Waals surface area contributed by atoms with E-state index in [2.05, 4.69) is 4.99 Å². The van der Waals surface area contributed by atoms with Crippen LogP contribution in [0.15, 0.2) is 17.1 Å². The number of benzene rings is 1. The quantitative estimate of drug-likeness (QED) is 0.794. The van der Waals surface area contributed by atoms with E-state index in [-0.39, 0.29) is 11.8 Å². The molecule has 0 aliphatic heterocycles. The van der Waals surface area contributed by atoms with Crippen LogP contribution in [-0.2, 0) is 6.42 Å². The van der Waals surface area contributed by atoms with Crippen molar-refractivity contribution in [2.24, 2.45) is 4.99 Å². The summed E-state index contributed by atoms with van der Waals surface area (Å²) in [5.41, 5.74) is 1.83. The Hall–Kier alpha value is -1.51. The Labute approximate surface area is 96.8 Å². The Morgan fingerprint density at radius 1 is 1.44 bits per heavy atom. The summed E-state index contributed by atoms with van der Waals surface area (Å²) in [4.78, 5) is 4.29. The zero-order valence-electron chi connectivity index (χ0n) is 10.3. The molecule has 0 spiro atoms. The third-order valence-corrected chi connectivity index (χ3v) is 2.34. The zero-order chi connectivity index (χ0) is 12.1. The molecule has 0 atom stereocenters. The van der Waals surface area contributed by atoms with Gasteiger partial charge in [-0.3, -0.25) is 4.99 Å². The highest BCUT2D eigenvalue weighted by Gasteiger charge is 2.07. The molecule has 88 valence electrons.